The number of phenolic OH excluding ortho intramolecular Hbond substituents is 1. The number of hydrogen-bond acceptors (Lipinski definition) is 4. The molecule has 3 saturated carbocycles. The molecule has 4 fully saturated rings. The third-order valence-electron chi connectivity index (χ3n) is 8.54. The number of allylic oxidation sites excluding steroid dienone is 1. The molecule has 4 unspecified atom stereocenters. The number of ketones is 1. The van der Waals surface area contributed by atoms with Crippen LogP contribution in [0.2, 0.25) is 0 Å². The van der Waals surface area contributed by atoms with Gasteiger partial charge in [0.05, 0.1) is 7.11 Å². The Morgan fingerprint density at radius 2 is 2.11 bits per heavy atom. The molecule has 1 heterocycles. The van der Waals surface area contributed by atoms with Crippen LogP contribution in [0.25, 0.3) is 5.57 Å². The number of phenols is 1. The van der Waals surface area contributed by atoms with E-state index in [1.54, 1.807) is 7.11 Å². The summed E-state index contributed by atoms with van der Waals surface area (Å²) in [6, 6.07) is 2.50. The van der Waals surface area contributed by atoms with Crippen molar-refractivity contribution in [1.29, 1.82) is 0 Å². The second-order valence-corrected chi connectivity index (χ2v) is 10.2. The van der Waals surface area contributed by atoms with Crippen LogP contribution < -0.4 is 4.74 Å². The number of likely N-dealkylation sites (tertiary alicyclic amines) is 1. The van der Waals surface area contributed by atoms with Gasteiger partial charge in [-0.15, -0.1) is 0 Å². The molecular weight excluding hydrogens is 350 g/mol. The SMILES string of the molecule is C=C(C)c1cc(OC)c(O)c2c1C13CN(CC4CC4)C1C1CCC(=O)CC21C3. The lowest BCUT2D eigenvalue weighted by molar-refractivity contribution is -0.124. The van der Waals surface area contributed by atoms with Crippen molar-refractivity contribution in [3.8, 4) is 11.5 Å². The van der Waals surface area contributed by atoms with E-state index in [1.165, 1.54) is 24.9 Å². The molecule has 1 N–H and O–H groups in total. The van der Waals surface area contributed by atoms with Crippen LogP contribution in [0.4, 0.5) is 0 Å². The van der Waals surface area contributed by atoms with Gasteiger partial charge < -0.3 is 9.84 Å². The second kappa shape index (κ2) is 5.21. The van der Waals surface area contributed by atoms with Gasteiger partial charge in [-0.1, -0.05) is 12.2 Å². The largest absolute Gasteiger partial charge is 0.504 e. The van der Waals surface area contributed by atoms with Crippen molar-refractivity contribution < 1.29 is 14.6 Å². The first-order valence-corrected chi connectivity index (χ1v) is 10.8. The van der Waals surface area contributed by atoms with Gasteiger partial charge in [0.25, 0.3) is 0 Å². The van der Waals surface area contributed by atoms with Crippen LogP contribution in [0.1, 0.15) is 62.1 Å². The Hall–Kier alpha value is -1.81. The van der Waals surface area contributed by atoms with Gasteiger partial charge in [0.15, 0.2) is 11.5 Å². The standard InChI is InChI=1S/C24H29NO3/c1-13(2)16-8-18(28-3)21(27)20-19(16)24-11-23(20)9-15(26)6-7-17(23)22(24)25(12-24)10-14-4-5-14/h8,14,17,22,27H,1,4-7,9-12H2,2-3H3. The van der Waals surface area contributed by atoms with E-state index in [2.05, 4.69) is 11.5 Å². The Morgan fingerprint density at radius 1 is 1.32 bits per heavy atom. The molecular formula is C24H29NO3. The quantitative estimate of drug-likeness (QED) is 0.865. The number of methoxy groups -OCH3 is 1. The highest BCUT2D eigenvalue weighted by Gasteiger charge is 2.76. The fraction of sp³-hybridized carbons (Fsp3) is 0.625. The maximum Gasteiger partial charge on any atom is 0.161 e. The van der Waals surface area contributed by atoms with E-state index in [1.807, 2.05) is 13.0 Å². The highest BCUT2D eigenvalue weighted by molar-refractivity contribution is 5.85. The van der Waals surface area contributed by atoms with Crippen molar-refractivity contribution in [1.82, 2.24) is 4.90 Å². The van der Waals surface area contributed by atoms with Crippen LogP contribution in [-0.4, -0.2) is 42.0 Å². The Morgan fingerprint density at radius 3 is 2.79 bits per heavy atom. The summed E-state index contributed by atoms with van der Waals surface area (Å²) >= 11 is 0. The van der Waals surface area contributed by atoms with E-state index in [9.17, 15) is 9.90 Å². The number of Topliss-reactive ketones (excluding diaryl/α,β-unsaturated/α-hetero) is 1. The summed E-state index contributed by atoms with van der Waals surface area (Å²) in [7, 11) is 1.61. The van der Waals surface area contributed by atoms with Crippen molar-refractivity contribution >= 4 is 11.4 Å². The minimum atomic E-state index is -0.212. The minimum Gasteiger partial charge on any atom is -0.504 e. The number of nitrogens with zero attached hydrogens (tertiary/aromatic N) is 1. The molecule has 0 amide bonds. The van der Waals surface area contributed by atoms with Crippen LogP contribution in [0.15, 0.2) is 12.6 Å². The van der Waals surface area contributed by atoms with E-state index >= 15 is 0 Å². The number of rotatable bonds is 4. The molecule has 1 saturated heterocycles. The van der Waals surface area contributed by atoms with Crippen LogP contribution in [0, 0.1) is 11.8 Å². The molecule has 1 aromatic rings. The first-order chi connectivity index (χ1) is 13.4. The summed E-state index contributed by atoms with van der Waals surface area (Å²) in [6.45, 7) is 8.58. The van der Waals surface area contributed by atoms with Gasteiger partial charge in [-0.05, 0) is 61.6 Å². The first-order valence-electron chi connectivity index (χ1n) is 10.8. The van der Waals surface area contributed by atoms with Gasteiger partial charge >= 0.3 is 0 Å². The van der Waals surface area contributed by atoms with Crippen LogP contribution in [0.5, 0.6) is 11.5 Å². The zero-order valence-electron chi connectivity index (χ0n) is 16.9. The lowest BCUT2D eigenvalue weighted by atomic mass is 9.57. The number of fused-ring (bicyclic) bond motifs is 2. The highest BCUT2D eigenvalue weighted by atomic mass is 16.5. The molecule has 1 aromatic carbocycles. The molecule has 0 radical (unpaired) electrons. The Kier molecular flexibility index (Phi) is 3.18. The lowest BCUT2D eigenvalue weighted by Gasteiger charge is -2.59. The number of carbonyl (C=O) groups excluding carboxylic acids is 1. The Balaban J connectivity index is 1.59. The molecule has 4 atom stereocenters. The van der Waals surface area contributed by atoms with Gasteiger partial charge in [0, 0.05) is 48.4 Å². The Bertz CT molecular complexity index is 932. The van der Waals surface area contributed by atoms with Crippen LogP contribution in [0.3, 0.4) is 0 Å². The zero-order valence-corrected chi connectivity index (χ0v) is 16.9. The monoisotopic (exact) mass is 379 g/mol. The third kappa shape index (κ3) is 1.84. The fourth-order valence-corrected chi connectivity index (χ4v) is 7.60. The summed E-state index contributed by atoms with van der Waals surface area (Å²) in [4.78, 5) is 15.4. The molecule has 4 nitrogen and oxygen atoms in total. The minimum absolute atomic E-state index is 0.0809. The van der Waals surface area contributed by atoms with Crippen molar-refractivity contribution in [2.45, 2.75) is 62.3 Å². The molecule has 6 rings (SSSR count). The molecule has 2 spiro atoms. The van der Waals surface area contributed by atoms with Crippen molar-refractivity contribution in [3.63, 3.8) is 0 Å². The molecule has 2 bridgehead atoms. The fourth-order valence-electron chi connectivity index (χ4n) is 7.60. The summed E-state index contributed by atoms with van der Waals surface area (Å²) in [5.41, 5.74) is 4.35. The van der Waals surface area contributed by atoms with E-state index < -0.39 is 0 Å². The maximum atomic E-state index is 12.6. The second-order valence-electron chi connectivity index (χ2n) is 10.2. The van der Waals surface area contributed by atoms with Gasteiger partial charge in [-0.25, -0.2) is 0 Å². The van der Waals surface area contributed by atoms with Crippen molar-refractivity contribution in [2.75, 3.05) is 20.2 Å². The van der Waals surface area contributed by atoms with Gasteiger partial charge in [-0.2, -0.15) is 0 Å². The third-order valence-corrected chi connectivity index (χ3v) is 8.54. The molecule has 5 aliphatic rings. The van der Waals surface area contributed by atoms with Crippen molar-refractivity contribution in [3.05, 3.63) is 29.3 Å². The predicted octanol–water partition coefficient (Wildman–Crippen LogP) is 3.79. The molecule has 0 aromatic heterocycles. The Labute approximate surface area is 166 Å². The van der Waals surface area contributed by atoms with Crippen LogP contribution >= 0.6 is 0 Å². The van der Waals surface area contributed by atoms with Gasteiger partial charge in [0.1, 0.15) is 5.78 Å². The first kappa shape index (κ1) is 17.1. The zero-order chi connectivity index (χ0) is 19.4. The smallest absolute Gasteiger partial charge is 0.161 e. The average molecular weight is 380 g/mol. The summed E-state index contributed by atoms with van der Waals surface area (Å²) in [5.74, 6) is 2.51. The van der Waals surface area contributed by atoms with Crippen molar-refractivity contribution in [2.24, 2.45) is 11.8 Å². The van der Waals surface area contributed by atoms with E-state index in [0.717, 1.165) is 42.0 Å². The van der Waals surface area contributed by atoms with Gasteiger partial charge in [-0.3, -0.25) is 9.69 Å². The highest BCUT2D eigenvalue weighted by Crippen LogP contribution is 2.74. The molecule has 4 heteroatoms. The summed E-state index contributed by atoms with van der Waals surface area (Å²) < 4.78 is 5.55. The number of hydrogen-bond donors (Lipinski definition) is 1. The predicted molar refractivity (Wildman–Crippen MR) is 108 cm³/mol. The van der Waals surface area contributed by atoms with E-state index in [4.69, 9.17) is 4.74 Å². The summed E-state index contributed by atoms with van der Waals surface area (Å²) in [6.07, 6.45) is 6.00. The summed E-state index contributed by atoms with van der Waals surface area (Å²) in [5, 5.41) is 11.2. The number of aromatic hydroxyl groups is 1. The van der Waals surface area contributed by atoms with Gasteiger partial charge in [0.2, 0.25) is 0 Å². The normalized spacial score (nSPS) is 37.9. The molecule has 148 valence electrons. The van der Waals surface area contributed by atoms with E-state index in [-0.39, 0.29) is 16.6 Å². The lowest BCUT2D eigenvalue weighted by Crippen LogP contribution is -2.68. The maximum absolute atomic E-state index is 12.6. The molecule has 4 aliphatic carbocycles. The topological polar surface area (TPSA) is 49.8 Å². The molecule has 1 aliphatic heterocycles. The number of benzene rings is 1. The van der Waals surface area contributed by atoms with Crippen LogP contribution in [-0.2, 0) is 15.6 Å². The van der Waals surface area contributed by atoms with E-state index in [0.29, 0.717) is 36.3 Å². The number of ether oxygens (including phenoxy) is 1. The molecule has 28 heavy (non-hydrogen) atoms. The average Bonchev–Trinajstić information content (AvgIpc) is 3.36. The number of carbonyl (C=O) groups is 1.